The molecule has 6 heteroatoms. The van der Waals surface area contributed by atoms with Gasteiger partial charge in [0.05, 0.1) is 0 Å². The third-order valence-electron chi connectivity index (χ3n) is 16.2. The lowest BCUT2D eigenvalue weighted by atomic mass is 10.0. The van der Waals surface area contributed by atoms with Crippen LogP contribution >= 0.6 is 0 Å². The number of ether oxygens (including phenoxy) is 3. The molecule has 0 aromatic rings. The first kappa shape index (κ1) is 79.8. The minimum Gasteiger partial charge on any atom is -0.462 e. The summed E-state index contributed by atoms with van der Waals surface area (Å²) in [4.78, 5) is 38.5. The van der Waals surface area contributed by atoms with Crippen molar-refractivity contribution in [2.24, 2.45) is 0 Å². The van der Waals surface area contributed by atoms with Crippen molar-refractivity contribution in [2.45, 2.75) is 386 Å². The van der Waals surface area contributed by atoms with Crippen LogP contribution in [-0.2, 0) is 28.6 Å². The van der Waals surface area contributed by atoms with Gasteiger partial charge in [0.25, 0.3) is 0 Å². The lowest BCUT2D eigenvalue weighted by molar-refractivity contribution is -0.167. The van der Waals surface area contributed by atoms with Gasteiger partial charge in [0.15, 0.2) is 6.10 Å². The molecular weight excluding hydrogens is 1020 g/mol. The van der Waals surface area contributed by atoms with Crippen LogP contribution in [0.3, 0.4) is 0 Å². The lowest BCUT2D eigenvalue weighted by Crippen LogP contribution is -2.30. The van der Waals surface area contributed by atoms with Crippen molar-refractivity contribution in [2.75, 3.05) is 13.2 Å². The third-order valence-corrected chi connectivity index (χ3v) is 16.2. The van der Waals surface area contributed by atoms with E-state index in [4.69, 9.17) is 14.2 Å². The summed E-state index contributed by atoms with van der Waals surface area (Å²) in [5, 5.41) is 0. The first-order valence-electron chi connectivity index (χ1n) is 36.4. The summed E-state index contributed by atoms with van der Waals surface area (Å²) >= 11 is 0. The van der Waals surface area contributed by atoms with Gasteiger partial charge in [0.2, 0.25) is 0 Å². The highest BCUT2D eigenvalue weighted by Crippen LogP contribution is 2.18. The molecule has 0 aromatic heterocycles. The maximum atomic E-state index is 13.0. The minimum absolute atomic E-state index is 0.0725. The predicted molar refractivity (Wildman–Crippen MR) is 362 cm³/mol. The number of rotatable bonds is 67. The Bertz CT molecular complexity index is 1520. The quantitative estimate of drug-likeness (QED) is 0.0261. The Morgan fingerprint density at radius 3 is 0.747 bits per heavy atom. The molecule has 6 nitrogen and oxygen atoms in total. The summed E-state index contributed by atoms with van der Waals surface area (Å²) in [6.07, 6.45) is 93.6. The molecule has 0 aliphatic carbocycles. The summed E-state index contributed by atoms with van der Waals surface area (Å²) in [7, 11) is 0. The molecular formula is C77H138O6. The van der Waals surface area contributed by atoms with Gasteiger partial charge in [-0.1, -0.05) is 344 Å². The second-order valence-electron chi connectivity index (χ2n) is 24.5. The number of unbranched alkanes of at least 4 members (excludes halogenated alkanes) is 44. The van der Waals surface area contributed by atoms with Gasteiger partial charge in [-0.3, -0.25) is 14.4 Å². The van der Waals surface area contributed by atoms with Gasteiger partial charge in [-0.15, -0.1) is 0 Å². The average molecular weight is 1160 g/mol. The van der Waals surface area contributed by atoms with Crippen molar-refractivity contribution >= 4 is 17.9 Å². The SMILES string of the molecule is CC/C=C\C/C=C\C/C=C\C/C=C\C/C=C\CCCCCCCCCCCCCCCCCC(=O)OCC(COC(=O)CCCCCCC/C=C\CCCCCCCC)OC(=O)CCCCCCCCCCCCCCCCCCCCC. The monoisotopic (exact) mass is 1160 g/mol. The van der Waals surface area contributed by atoms with Gasteiger partial charge in [-0.2, -0.15) is 0 Å². The summed E-state index contributed by atoms with van der Waals surface area (Å²) in [5.74, 6) is -0.855. The zero-order chi connectivity index (χ0) is 59.9. The molecule has 0 heterocycles. The van der Waals surface area contributed by atoms with Crippen molar-refractivity contribution in [1.29, 1.82) is 0 Å². The van der Waals surface area contributed by atoms with E-state index in [0.717, 1.165) is 96.3 Å². The minimum atomic E-state index is -0.777. The molecule has 0 saturated carbocycles. The molecule has 0 aliphatic rings. The van der Waals surface area contributed by atoms with E-state index in [0.29, 0.717) is 19.3 Å². The molecule has 482 valence electrons. The summed E-state index contributed by atoms with van der Waals surface area (Å²) < 4.78 is 17.0. The van der Waals surface area contributed by atoms with E-state index in [1.54, 1.807) is 0 Å². The topological polar surface area (TPSA) is 78.9 Å². The summed E-state index contributed by atoms with van der Waals surface area (Å²) in [6.45, 7) is 6.58. The Hall–Kier alpha value is -3.15. The fourth-order valence-corrected chi connectivity index (χ4v) is 10.8. The van der Waals surface area contributed by atoms with E-state index in [2.05, 4.69) is 93.7 Å². The van der Waals surface area contributed by atoms with Crippen LogP contribution in [0.2, 0.25) is 0 Å². The Balaban J connectivity index is 4.23. The van der Waals surface area contributed by atoms with Crippen LogP contribution in [0.25, 0.3) is 0 Å². The van der Waals surface area contributed by atoms with Gasteiger partial charge in [-0.05, 0) is 89.9 Å². The first-order chi connectivity index (χ1) is 41.0. The molecule has 0 N–H and O–H groups in total. The number of hydrogen-bond donors (Lipinski definition) is 0. The molecule has 0 spiro atoms. The Labute approximate surface area is 516 Å². The molecule has 0 aromatic carbocycles. The van der Waals surface area contributed by atoms with E-state index >= 15 is 0 Å². The van der Waals surface area contributed by atoms with Crippen LogP contribution in [0.15, 0.2) is 72.9 Å². The maximum Gasteiger partial charge on any atom is 0.306 e. The number of carbonyl (C=O) groups excluding carboxylic acids is 3. The molecule has 83 heavy (non-hydrogen) atoms. The zero-order valence-corrected chi connectivity index (χ0v) is 55.5. The van der Waals surface area contributed by atoms with E-state index in [-0.39, 0.29) is 31.1 Å². The predicted octanol–water partition coefficient (Wildman–Crippen LogP) is 25.2. The van der Waals surface area contributed by atoms with Crippen molar-refractivity contribution in [3.63, 3.8) is 0 Å². The van der Waals surface area contributed by atoms with Crippen LogP contribution in [0.1, 0.15) is 380 Å². The van der Waals surface area contributed by atoms with Crippen molar-refractivity contribution in [1.82, 2.24) is 0 Å². The Kier molecular flexibility index (Phi) is 68.6. The third kappa shape index (κ3) is 69.5. The molecule has 1 atom stereocenters. The van der Waals surface area contributed by atoms with Crippen LogP contribution < -0.4 is 0 Å². The van der Waals surface area contributed by atoms with E-state index in [1.165, 1.54) is 244 Å². The van der Waals surface area contributed by atoms with Crippen LogP contribution in [0.4, 0.5) is 0 Å². The largest absolute Gasteiger partial charge is 0.462 e. The van der Waals surface area contributed by atoms with Crippen LogP contribution in [0.5, 0.6) is 0 Å². The zero-order valence-electron chi connectivity index (χ0n) is 55.5. The van der Waals surface area contributed by atoms with E-state index in [9.17, 15) is 14.4 Å². The molecule has 1 unspecified atom stereocenters. The normalized spacial score (nSPS) is 12.5. The van der Waals surface area contributed by atoms with Gasteiger partial charge < -0.3 is 14.2 Å². The Morgan fingerprint density at radius 1 is 0.253 bits per heavy atom. The highest BCUT2D eigenvalue weighted by molar-refractivity contribution is 5.71. The Morgan fingerprint density at radius 2 is 0.470 bits per heavy atom. The van der Waals surface area contributed by atoms with Crippen LogP contribution in [-0.4, -0.2) is 37.2 Å². The number of hydrogen-bond acceptors (Lipinski definition) is 6. The van der Waals surface area contributed by atoms with Crippen molar-refractivity contribution in [3.8, 4) is 0 Å². The van der Waals surface area contributed by atoms with E-state index < -0.39 is 6.10 Å². The van der Waals surface area contributed by atoms with E-state index in [1.807, 2.05) is 0 Å². The lowest BCUT2D eigenvalue weighted by Gasteiger charge is -2.18. The van der Waals surface area contributed by atoms with Crippen molar-refractivity contribution < 1.29 is 28.6 Å². The highest BCUT2D eigenvalue weighted by atomic mass is 16.6. The van der Waals surface area contributed by atoms with Gasteiger partial charge in [0, 0.05) is 19.3 Å². The number of esters is 3. The second-order valence-corrected chi connectivity index (χ2v) is 24.5. The summed E-state index contributed by atoms with van der Waals surface area (Å²) in [5.41, 5.74) is 0. The smallest absolute Gasteiger partial charge is 0.306 e. The standard InChI is InChI=1S/C77H138O6/c1-4-7-10-13-16-19-22-25-28-30-32-33-34-35-36-37-38-39-40-41-42-43-45-46-49-52-55-58-61-64-67-70-76(79)82-73-74(72-81-75(78)69-66-63-60-57-54-51-48-27-24-21-18-15-12-9-6-3)83-77(80)71-68-65-62-59-56-53-50-47-44-31-29-26-23-20-17-14-11-8-5-2/h7,10,16,19,25,27-28,32-33,35-36,48,74H,4-6,8-9,11-15,17-18,20-24,26,29-31,34,37-47,49-73H2,1-3H3/b10-7-,19-16-,28-25-,33-32-,36-35-,48-27-. The fraction of sp³-hybridized carbons (Fsp3) is 0.805. The first-order valence-corrected chi connectivity index (χ1v) is 36.4. The average Bonchev–Trinajstić information content (AvgIpc) is 3.49. The number of carbonyl (C=O) groups is 3. The van der Waals surface area contributed by atoms with Crippen LogP contribution in [0, 0.1) is 0 Å². The molecule has 0 fully saturated rings. The molecule has 0 aliphatic heterocycles. The van der Waals surface area contributed by atoms with Gasteiger partial charge >= 0.3 is 17.9 Å². The highest BCUT2D eigenvalue weighted by Gasteiger charge is 2.19. The fourth-order valence-electron chi connectivity index (χ4n) is 10.8. The van der Waals surface area contributed by atoms with Gasteiger partial charge in [0.1, 0.15) is 13.2 Å². The molecule has 0 radical (unpaired) electrons. The van der Waals surface area contributed by atoms with Crippen molar-refractivity contribution in [3.05, 3.63) is 72.9 Å². The molecule has 0 saturated heterocycles. The maximum absolute atomic E-state index is 13.0. The second kappa shape index (κ2) is 71.3. The molecule has 0 rings (SSSR count). The molecule has 0 bridgehead atoms. The summed E-state index contributed by atoms with van der Waals surface area (Å²) in [6, 6.07) is 0. The number of allylic oxidation sites excluding steroid dienone is 12. The van der Waals surface area contributed by atoms with Gasteiger partial charge in [-0.25, -0.2) is 0 Å². The molecule has 0 amide bonds.